The second kappa shape index (κ2) is 12.0. The first-order valence-electron chi connectivity index (χ1n) is 13.2. The standard InChI is InChI=1S/C29H36N4O4S/c1-4-38(35,36)24-8-10-28(37-20-21(2)3)26(17-24)29(34)33-14-12-32(13-15-33)11-5-6-23-19-31-27-9-7-22(18-30)16-25(23)27/h7-10,16-17,19,21,31H,4-6,11-15,20H2,1-3H3. The van der Waals surface area contributed by atoms with Gasteiger partial charge in [-0.25, -0.2) is 8.42 Å². The monoisotopic (exact) mass is 536 g/mol. The number of fused-ring (bicyclic) bond motifs is 1. The number of piperazine rings is 1. The third-order valence-electron chi connectivity index (χ3n) is 6.97. The van der Waals surface area contributed by atoms with Crippen LogP contribution in [0.2, 0.25) is 0 Å². The molecule has 2 heterocycles. The molecule has 1 aliphatic heterocycles. The Balaban J connectivity index is 1.37. The minimum absolute atomic E-state index is 0.0243. The van der Waals surface area contributed by atoms with Crippen LogP contribution in [0.25, 0.3) is 10.9 Å². The Morgan fingerprint density at radius 1 is 1.13 bits per heavy atom. The number of aryl methyl sites for hydroxylation is 1. The van der Waals surface area contributed by atoms with E-state index in [0.29, 0.717) is 36.6 Å². The number of amides is 1. The van der Waals surface area contributed by atoms with Crippen LogP contribution in [0.1, 0.15) is 48.7 Å². The molecular formula is C29H36N4O4S. The van der Waals surface area contributed by atoms with Gasteiger partial charge in [0.15, 0.2) is 9.84 Å². The summed E-state index contributed by atoms with van der Waals surface area (Å²) in [6, 6.07) is 12.5. The largest absolute Gasteiger partial charge is 0.492 e. The van der Waals surface area contributed by atoms with E-state index in [4.69, 9.17) is 4.74 Å². The van der Waals surface area contributed by atoms with Crippen LogP contribution in [0.4, 0.5) is 0 Å². The van der Waals surface area contributed by atoms with Gasteiger partial charge < -0.3 is 14.6 Å². The van der Waals surface area contributed by atoms with Crippen molar-refractivity contribution in [1.82, 2.24) is 14.8 Å². The molecule has 1 saturated heterocycles. The molecule has 1 aromatic heterocycles. The Hall–Kier alpha value is -3.35. The van der Waals surface area contributed by atoms with E-state index in [2.05, 4.69) is 16.0 Å². The first-order chi connectivity index (χ1) is 18.2. The second-order valence-electron chi connectivity index (χ2n) is 10.2. The third-order valence-corrected chi connectivity index (χ3v) is 8.70. The van der Waals surface area contributed by atoms with Gasteiger partial charge in [-0.05, 0) is 67.3 Å². The molecule has 0 bridgehead atoms. The molecule has 1 fully saturated rings. The summed E-state index contributed by atoms with van der Waals surface area (Å²) in [7, 11) is -3.44. The van der Waals surface area contributed by atoms with E-state index in [-0.39, 0.29) is 22.5 Å². The topological polar surface area (TPSA) is 106 Å². The minimum Gasteiger partial charge on any atom is -0.492 e. The number of hydrogen-bond acceptors (Lipinski definition) is 6. The number of hydrogen-bond donors (Lipinski definition) is 1. The molecule has 0 spiro atoms. The molecule has 2 aromatic carbocycles. The number of benzene rings is 2. The summed E-state index contributed by atoms with van der Waals surface area (Å²) in [6.45, 7) is 9.68. The van der Waals surface area contributed by atoms with Crippen molar-refractivity contribution in [2.45, 2.75) is 38.5 Å². The van der Waals surface area contributed by atoms with Gasteiger partial charge in [-0.15, -0.1) is 0 Å². The number of ether oxygens (including phenoxy) is 1. The number of H-pyrrole nitrogens is 1. The third kappa shape index (κ3) is 6.37. The van der Waals surface area contributed by atoms with Crippen LogP contribution in [0, 0.1) is 17.2 Å². The lowest BCUT2D eigenvalue weighted by atomic mass is 10.1. The number of nitriles is 1. The molecule has 8 nitrogen and oxygen atoms in total. The van der Waals surface area contributed by atoms with Crippen LogP contribution in [-0.2, 0) is 16.3 Å². The van der Waals surface area contributed by atoms with Gasteiger partial charge in [0, 0.05) is 43.3 Å². The summed E-state index contributed by atoms with van der Waals surface area (Å²) in [6.07, 6.45) is 3.90. The number of aromatic nitrogens is 1. The molecule has 0 atom stereocenters. The van der Waals surface area contributed by atoms with Crippen molar-refractivity contribution in [3.63, 3.8) is 0 Å². The molecule has 0 unspecified atom stereocenters. The highest BCUT2D eigenvalue weighted by Crippen LogP contribution is 2.26. The van der Waals surface area contributed by atoms with Crippen molar-refractivity contribution in [2.75, 3.05) is 45.1 Å². The zero-order valence-electron chi connectivity index (χ0n) is 22.4. The van der Waals surface area contributed by atoms with E-state index in [0.717, 1.165) is 43.4 Å². The molecule has 4 rings (SSSR count). The molecular weight excluding hydrogens is 500 g/mol. The molecule has 3 aromatic rings. The SMILES string of the molecule is CCS(=O)(=O)c1ccc(OCC(C)C)c(C(=O)N2CCN(CCCc3c[nH]c4ccc(C#N)cc34)CC2)c1. The van der Waals surface area contributed by atoms with Gasteiger partial charge >= 0.3 is 0 Å². The van der Waals surface area contributed by atoms with E-state index in [1.807, 2.05) is 38.2 Å². The normalized spacial score (nSPS) is 14.7. The lowest BCUT2D eigenvalue weighted by Crippen LogP contribution is -2.49. The second-order valence-corrected chi connectivity index (χ2v) is 12.5. The lowest BCUT2D eigenvalue weighted by molar-refractivity contribution is 0.0631. The van der Waals surface area contributed by atoms with E-state index in [1.54, 1.807) is 17.9 Å². The van der Waals surface area contributed by atoms with E-state index >= 15 is 0 Å². The van der Waals surface area contributed by atoms with E-state index < -0.39 is 9.84 Å². The van der Waals surface area contributed by atoms with Crippen LogP contribution in [-0.4, -0.2) is 74.2 Å². The van der Waals surface area contributed by atoms with Gasteiger partial charge in [-0.1, -0.05) is 20.8 Å². The van der Waals surface area contributed by atoms with Gasteiger partial charge in [-0.2, -0.15) is 5.26 Å². The number of aromatic amines is 1. The van der Waals surface area contributed by atoms with Gasteiger partial charge in [-0.3, -0.25) is 9.69 Å². The maximum absolute atomic E-state index is 13.5. The average Bonchev–Trinajstić information content (AvgIpc) is 3.33. The molecule has 1 N–H and O–H groups in total. The number of carbonyl (C=O) groups excluding carboxylic acids is 1. The quantitative estimate of drug-likeness (QED) is 0.415. The summed E-state index contributed by atoms with van der Waals surface area (Å²) in [5.41, 5.74) is 3.22. The van der Waals surface area contributed by atoms with Crippen LogP contribution >= 0.6 is 0 Å². The van der Waals surface area contributed by atoms with Crippen molar-refractivity contribution in [3.05, 3.63) is 59.3 Å². The summed E-state index contributed by atoms with van der Waals surface area (Å²) < 4.78 is 30.8. The Morgan fingerprint density at radius 2 is 1.89 bits per heavy atom. The van der Waals surface area contributed by atoms with Gasteiger partial charge in [0.2, 0.25) is 0 Å². The Kier molecular flexibility index (Phi) is 8.75. The Bertz CT molecular complexity index is 1430. The Labute approximate surface area is 225 Å². The van der Waals surface area contributed by atoms with Crippen molar-refractivity contribution in [2.24, 2.45) is 5.92 Å². The molecule has 9 heteroatoms. The number of rotatable bonds is 10. The van der Waals surface area contributed by atoms with Crippen LogP contribution in [0.15, 0.2) is 47.5 Å². The highest BCUT2D eigenvalue weighted by atomic mass is 32.2. The average molecular weight is 537 g/mol. The molecule has 1 amide bonds. The predicted molar refractivity (Wildman–Crippen MR) is 148 cm³/mol. The maximum atomic E-state index is 13.5. The fraction of sp³-hybridized carbons (Fsp3) is 0.448. The van der Waals surface area contributed by atoms with Crippen molar-refractivity contribution >= 4 is 26.6 Å². The smallest absolute Gasteiger partial charge is 0.257 e. The highest BCUT2D eigenvalue weighted by molar-refractivity contribution is 7.91. The number of carbonyl (C=O) groups is 1. The van der Waals surface area contributed by atoms with E-state index in [9.17, 15) is 18.5 Å². The van der Waals surface area contributed by atoms with E-state index in [1.165, 1.54) is 17.7 Å². The fourth-order valence-electron chi connectivity index (χ4n) is 4.71. The van der Waals surface area contributed by atoms with Crippen LogP contribution < -0.4 is 4.74 Å². The van der Waals surface area contributed by atoms with Crippen LogP contribution in [0.5, 0.6) is 5.75 Å². The van der Waals surface area contributed by atoms with Crippen LogP contribution in [0.3, 0.4) is 0 Å². The summed E-state index contributed by atoms with van der Waals surface area (Å²) in [5, 5.41) is 10.3. The molecule has 0 aliphatic carbocycles. The highest BCUT2D eigenvalue weighted by Gasteiger charge is 2.26. The number of nitrogens with zero attached hydrogens (tertiary/aromatic N) is 3. The molecule has 38 heavy (non-hydrogen) atoms. The van der Waals surface area contributed by atoms with Gasteiger partial charge in [0.05, 0.1) is 34.5 Å². The predicted octanol–water partition coefficient (Wildman–Crippen LogP) is 4.26. The van der Waals surface area contributed by atoms with Gasteiger partial charge in [0.1, 0.15) is 5.75 Å². The van der Waals surface area contributed by atoms with Gasteiger partial charge in [0.25, 0.3) is 5.91 Å². The van der Waals surface area contributed by atoms with Crippen molar-refractivity contribution < 1.29 is 17.9 Å². The molecule has 1 aliphatic rings. The zero-order chi connectivity index (χ0) is 27.3. The summed E-state index contributed by atoms with van der Waals surface area (Å²) >= 11 is 0. The zero-order valence-corrected chi connectivity index (χ0v) is 23.2. The molecule has 0 radical (unpaired) electrons. The number of sulfone groups is 1. The molecule has 0 saturated carbocycles. The summed E-state index contributed by atoms with van der Waals surface area (Å²) in [4.78, 5) is 21.1. The first kappa shape index (κ1) is 27.7. The summed E-state index contributed by atoms with van der Waals surface area (Å²) in [5.74, 6) is 0.491. The first-order valence-corrected chi connectivity index (χ1v) is 14.9. The maximum Gasteiger partial charge on any atom is 0.257 e. The van der Waals surface area contributed by atoms with Crippen molar-refractivity contribution in [3.8, 4) is 11.8 Å². The molecule has 202 valence electrons. The Morgan fingerprint density at radius 3 is 2.58 bits per heavy atom. The number of nitrogens with one attached hydrogen (secondary N) is 1. The van der Waals surface area contributed by atoms with Crippen molar-refractivity contribution in [1.29, 1.82) is 5.26 Å². The minimum atomic E-state index is -3.44. The fourth-order valence-corrected chi connectivity index (χ4v) is 5.62. The lowest BCUT2D eigenvalue weighted by Gasteiger charge is -2.35.